The van der Waals surface area contributed by atoms with E-state index in [0.29, 0.717) is 5.69 Å². The van der Waals surface area contributed by atoms with Gasteiger partial charge in [-0.2, -0.15) is 10.4 Å². The maximum atomic E-state index is 12.2. The molecule has 2 rings (SSSR count). The van der Waals surface area contributed by atoms with Gasteiger partial charge in [-0.05, 0) is 24.6 Å². The summed E-state index contributed by atoms with van der Waals surface area (Å²) in [6.07, 6.45) is 1.71. The van der Waals surface area contributed by atoms with Crippen LogP contribution >= 0.6 is 0 Å². The van der Waals surface area contributed by atoms with Crippen LogP contribution in [0, 0.1) is 11.3 Å². The second-order valence-corrected chi connectivity index (χ2v) is 5.08. The first-order valence-corrected chi connectivity index (χ1v) is 7.59. The van der Waals surface area contributed by atoms with Crippen LogP contribution in [0.2, 0.25) is 0 Å². The Morgan fingerprint density at radius 3 is 2.75 bits per heavy atom. The maximum absolute atomic E-state index is 12.2. The molecule has 0 aliphatic heterocycles. The van der Waals surface area contributed by atoms with Crippen LogP contribution in [0.25, 0.3) is 0 Å². The first-order valence-electron chi connectivity index (χ1n) is 7.59. The van der Waals surface area contributed by atoms with Crippen LogP contribution in [-0.2, 0) is 16.0 Å². The van der Waals surface area contributed by atoms with Gasteiger partial charge >= 0.3 is 5.97 Å². The summed E-state index contributed by atoms with van der Waals surface area (Å²) < 4.78 is 5.01. The highest BCUT2D eigenvalue weighted by Gasteiger charge is 2.19. The normalized spacial score (nSPS) is 10.0. The number of anilines is 1. The molecule has 0 aliphatic carbocycles. The Morgan fingerprint density at radius 2 is 2.08 bits per heavy atom. The molecule has 0 radical (unpaired) electrons. The van der Waals surface area contributed by atoms with Crippen LogP contribution in [0.3, 0.4) is 0 Å². The lowest BCUT2D eigenvalue weighted by atomic mass is 10.2. The molecule has 0 saturated carbocycles. The van der Waals surface area contributed by atoms with Crippen molar-refractivity contribution in [3.05, 3.63) is 47.8 Å². The van der Waals surface area contributed by atoms with Gasteiger partial charge in [0.2, 0.25) is 0 Å². The lowest BCUT2D eigenvalue weighted by Gasteiger charge is -2.19. The number of nitriles is 1. The van der Waals surface area contributed by atoms with E-state index in [1.54, 1.807) is 30.3 Å². The Labute approximate surface area is 139 Å². The van der Waals surface area contributed by atoms with Crippen molar-refractivity contribution in [1.29, 1.82) is 5.26 Å². The Bertz CT molecular complexity index is 734. The summed E-state index contributed by atoms with van der Waals surface area (Å²) in [5, 5.41) is 15.5. The molecule has 1 N–H and O–H groups in total. The van der Waals surface area contributed by atoms with E-state index >= 15 is 0 Å². The minimum atomic E-state index is -0.674. The minimum Gasteiger partial charge on any atom is -0.451 e. The molecule has 0 aliphatic rings. The number of ether oxygens (including phenoxy) is 1. The summed E-state index contributed by atoms with van der Waals surface area (Å²) in [4.78, 5) is 25.5. The SMILES string of the molecule is CCCc1cc(C(=O)OCC(=O)N(CC#N)c2ccccc2)n[nH]1. The lowest BCUT2D eigenvalue weighted by Crippen LogP contribution is -2.35. The van der Waals surface area contributed by atoms with Gasteiger partial charge < -0.3 is 4.74 Å². The second-order valence-electron chi connectivity index (χ2n) is 5.08. The Morgan fingerprint density at radius 1 is 1.33 bits per heavy atom. The molecule has 1 heterocycles. The number of aromatic amines is 1. The number of para-hydroxylation sites is 1. The largest absolute Gasteiger partial charge is 0.451 e. The quantitative estimate of drug-likeness (QED) is 0.620. The smallest absolute Gasteiger partial charge is 0.359 e. The zero-order chi connectivity index (χ0) is 17.4. The van der Waals surface area contributed by atoms with Gasteiger partial charge in [0.25, 0.3) is 5.91 Å². The molecule has 1 aromatic carbocycles. The van der Waals surface area contributed by atoms with E-state index in [1.165, 1.54) is 4.90 Å². The highest BCUT2D eigenvalue weighted by atomic mass is 16.5. The van der Waals surface area contributed by atoms with Crippen LogP contribution in [0.1, 0.15) is 29.5 Å². The van der Waals surface area contributed by atoms with E-state index < -0.39 is 18.5 Å². The predicted molar refractivity (Wildman–Crippen MR) is 87.3 cm³/mol. The lowest BCUT2D eigenvalue weighted by molar-refractivity contribution is -0.121. The van der Waals surface area contributed by atoms with Gasteiger partial charge in [0, 0.05) is 11.4 Å². The van der Waals surface area contributed by atoms with Crippen molar-refractivity contribution in [3.8, 4) is 6.07 Å². The molecule has 0 bridgehead atoms. The first-order chi connectivity index (χ1) is 11.7. The number of H-pyrrole nitrogens is 1. The molecule has 0 unspecified atom stereocenters. The molecule has 124 valence electrons. The molecule has 0 spiro atoms. The van der Waals surface area contributed by atoms with Gasteiger partial charge in [0.15, 0.2) is 12.3 Å². The van der Waals surface area contributed by atoms with Gasteiger partial charge in [0.1, 0.15) is 6.54 Å². The number of hydrogen-bond donors (Lipinski definition) is 1. The number of nitrogens with one attached hydrogen (secondary N) is 1. The number of rotatable bonds is 7. The second kappa shape index (κ2) is 8.48. The van der Waals surface area contributed by atoms with Gasteiger partial charge in [-0.15, -0.1) is 0 Å². The fourth-order valence-electron chi connectivity index (χ4n) is 2.14. The van der Waals surface area contributed by atoms with E-state index in [4.69, 9.17) is 10.00 Å². The fraction of sp³-hybridized carbons (Fsp3) is 0.294. The van der Waals surface area contributed by atoms with Crippen LogP contribution in [0.5, 0.6) is 0 Å². The molecule has 0 fully saturated rings. The Hall–Kier alpha value is -3.14. The van der Waals surface area contributed by atoms with Crippen molar-refractivity contribution in [2.75, 3.05) is 18.1 Å². The van der Waals surface area contributed by atoms with Crippen molar-refractivity contribution in [2.45, 2.75) is 19.8 Å². The molecular formula is C17H18N4O3. The zero-order valence-corrected chi connectivity index (χ0v) is 13.4. The molecule has 24 heavy (non-hydrogen) atoms. The van der Waals surface area contributed by atoms with E-state index in [1.807, 2.05) is 19.1 Å². The third kappa shape index (κ3) is 4.43. The molecule has 7 nitrogen and oxygen atoms in total. The van der Waals surface area contributed by atoms with Crippen LogP contribution < -0.4 is 4.90 Å². The van der Waals surface area contributed by atoms with Crippen molar-refractivity contribution in [2.24, 2.45) is 0 Å². The van der Waals surface area contributed by atoms with E-state index in [-0.39, 0.29) is 12.2 Å². The van der Waals surface area contributed by atoms with Gasteiger partial charge in [-0.25, -0.2) is 4.79 Å². The Kier molecular flexibility index (Phi) is 6.08. The van der Waals surface area contributed by atoms with E-state index in [2.05, 4.69) is 10.2 Å². The number of carbonyl (C=O) groups excluding carboxylic acids is 2. The number of hydrogen-bond acceptors (Lipinski definition) is 5. The number of nitrogens with zero attached hydrogens (tertiary/aromatic N) is 3. The summed E-state index contributed by atoms with van der Waals surface area (Å²) in [7, 11) is 0. The van der Waals surface area contributed by atoms with Gasteiger partial charge in [-0.3, -0.25) is 14.8 Å². The summed E-state index contributed by atoms with van der Waals surface area (Å²) in [6.45, 7) is 1.44. The van der Waals surface area contributed by atoms with Crippen molar-refractivity contribution in [3.63, 3.8) is 0 Å². The molecule has 2 aromatic rings. The highest BCUT2D eigenvalue weighted by molar-refractivity contribution is 5.96. The fourth-order valence-corrected chi connectivity index (χ4v) is 2.14. The Balaban J connectivity index is 1.97. The summed E-state index contributed by atoms with van der Waals surface area (Å²) in [5.74, 6) is -1.15. The van der Waals surface area contributed by atoms with E-state index in [9.17, 15) is 9.59 Å². The average Bonchev–Trinajstić information content (AvgIpc) is 3.07. The molecular weight excluding hydrogens is 308 g/mol. The van der Waals surface area contributed by atoms with Crippen LogP contribution in [-0.4, -0.2) is 35.2 Å². The van der Waals surface area contributed by atoms with Crippen molar-refractivity contribution in [1.82, 2.24) is 10.2 Å². The number of carbonyl (C=O) groups is 2. The van der Waals surface area contributed by atoms with Crippen molar-refractivity contribution < 1.29 is 14.3 Å². The molecule has 1 amide bonds. The number of benzene rings is 1. The number of amides is 1. The predicted octanol–water partition coefficient (Wildman–Crippen LogP) is 2.08. The highest BCUT2D eigenvalue weighted by Crippen LogP contribution is 2.13. The van der Waals surface area contributed by atoms with Gasteiger partial charge in [-0.1, -0.05) is 31.5 Å². The molecule has 1 aromatic heterocycles. The third-order valence-electron chi connectivity index (χ3n) is 3.28. The van der Waals surface area contributed by atoms with E-state index in [0.717, 1.165) is 18.5 Å². The summed E-state index contributed by atoms with van der Waals surface area (Å²) in [6, 6.07) is 12.3. The monoisotopic (exact) mass is 326 g/mol. The first kappa shape index (κ1) is 17.2. The van der Waals surface area contributed by atoms with Crippen molar-refractivity contribution >= 4 is 17.6 Å². The topological polar surface area (TPSA) is 99.1 Å². The zero-order valence-electron chi connectivity index (χ0n) is 13.4. The molecule has 0 saturated heterocycles. The standard InChI is InChI=1S/C17H18N4O3/c1-2-6-13-11-15(20-19-13)17(23)24-12-16(22)21(10-9-18)14-7-4-3-5-8-14/h3-5,7-8,11H,2,6,10,12H2,1H3,(H,19,20). The van der Waals surface area contributed by atoms with Crippen LogP contribution in [0.4, 0.5) is 5.69 Å². The third-order valence-corrected chi connectivity index (χ3v) is 3.28. The number of aromatic nitrogens is 2. The summed E-state index contributed by atoms with van der Waals surface area (Å²) >= 11 is 0. The minimum absolute atomic E-state index is 0.122. The summed E-state index contributed by atoms with van der Waals surface area (Å²) in [5.41, 5.74) is 1.55. The number of esters is 1. The molecule has 0 atom stereocenters. The average molecular weight is 326 g/mol. The molecule has 7 heteroatoms. The van der Waals surface area contributed by atoms with Crippen LogP contribution in [0.15, 0.2) is 36.4 Å². The van der Waals surface area contributed by atoms with Gasteiger partial charge in [0.05, 0.1) is 6.07 Å². The number of aryl methyl sites for hydroxylation is 1. The maximum Gasteiger partial charge on any atom is 0.359 e.